The monoisotopic (exact) mass is 250 g/mol. The fourth-order valence-electron chi connectivity index (χ4n) is 1.27. The highest BCUT2D eigenvalue weighted by molar-refractivity contribution is 5.81. The largest absolute Gasteiger partial charge is 0.493 e. The van der Waals surface area contributed by atoms with Gasteiger partial charge in [0, 0.05) is 0 Å². The van der Waals surface area contributed by atoms with Crippen molar-refractivity contribution in [1.29, 1.82) is 0 Å². The van der Waals surface area contributed by atoms with E-state index in [2.05, 4.69) is 6.58 Å². The number of carbonyl (C=O) groups is 2. The van der Waals surface area contributed by atoms with Crippen LogP contribution >= 0.6 is 0 Å². The van der Waals surface area contributed by atoms with Gasteiger partial charge in [0.25, 0.3) is 0 Å². The van der Waals surface area contributed by atoms with E-state index in [9.17, 15) is 9.59 Å². The number of hydrogen-bond acceptors (Lipinski definition) is 5. The Morgan fingerprint density at radius 1 is 1.44 bits per heavy atom. The molecular weight excluding hydrogens is 236 g/mol. The van der Waals surface area contributed by atoms with Crippen LogP contribution in [0.5, 0.6) is 11.5 Å². The standard InChI is InChI=1S/C13H14O5/c1-3-7-17-12(15)9-18-13-10(8-14)5-4-6-11(13)16-2/h3-6,8H,1,7,9H2,2H3. The predicted octanol–water partition coefficient (Wildman–Crippen LogP) is 1.62. The van der Waals surface area contributed by atoms with Crippen molar-refractivity contribution < 1.29 is 23.8 Å². The van der Waals surface area contributed by atoms with Crippen LogP contribution in [0.3, 0.4) is 0 Å². The van der Waals surface area contributed by atoms with Crippen LogP contribution in [0.4, 0.5) is 0 Å². The molecule has 0 heterocycles. The van der Waals surface area contributed by atoms with Crippen molar-refractivity contribution in [1.82, 2.24) is 0 Å². The molecule has 0 saturated carbocycles. The Morgan fingerprint density at radius 2 is 2.22 bits per heavy atom. The third kappa shape index (κ3) is 3.62. The number of methoxy groups -OCH3 is 1. The Bertz CT molecular complexity index is 439. The number of ether oxygens (including phenoxy) is 3. The SMILES string of the molecule is C=CCOC(=O)COc1c(C=O)cccc1OC. The Hall–Kier alpha value is -2.30. The Balaban J connectivity index is 2.73. The van der Waals surface area contributed by atoms with Crippen LogP contribution in [0.2, 0.25) is 0 Å². The molecule has 1 aromatic carbocycles. The minimum absolute atomic E-state index is 0.120. The zero-order valence-corrected chi connectivity index (χ0v) is 10.0. The lowest BCUT2D eigenvalue weighted by molar-refractivity contribution is -0.144. The van der Waals surface area contributed by atoms with Crippen LogP contribution in [-0.2, 0) is 9.53 Å². The van der Waals surface area contributed by atoms with Crippen molar-refractivity contribution in [2.24, 2.45) is 0 Å². The van der Waals surface area contributed by atoms with Gasteiger partial charge in [0.2, 0.25) is 0 Å². The molecule has 0 aliphatic heterocycles. The molecule has 0 radical (unpaired) electrons. The summed E-state index contributed by atoms with van der Waals surface area (Å²) in [5, 5.41) is 0. The zero-order valence-electron chi connectivity index (χ0n) is 10.0. The van der Waals surface area contributed by atoms with Crippen molar-refractivity contribution >= 4 is 12.3 Å². The van der Waals surface area contributed by atoms with E-state index in [1.807, 2.05) is 0 Å². The van der Waals surface area contributed by atoms with Crippen molar-refractivity contribution in [2.45, 2.75) is 0 Å². The number of rotatable bonds is 7. The summed E-state index contributed by atoms with van der Waals surface area (Å²) in [6.07, 6.45) is 2.09. The molecular formula is C13H14O5. The summed E-state index contributed by atoms with van der Waals surface area (Å²) >= 11 is 0. The Labute approximate surface area is 105 Å². The van der Waals surface area contributed by atoms with Crippen LogP contribution < -0.4 is 9.47 Å². The van der Waals surface area contributed by atoms with E-state index >= 15 is 0 Å². The summed E-state index contributed by atoms with van der Waals surface area (Å²) in [6, 6.07) is 4.86. The average Bonchev–Trinajstić information content (AvgIpc) is 2.42. The second kappa shape index (κ2) is 7.11. The molecule has 0 aliphatic rings. The van der Waals surface area contributed by atoms with Gasteiger partial charge in [-0.1, -0.05) is 18.7 Å². The molecule has 1 aromatic rings. The number of aldehydes is 1. The molecule has 0 unspecified atom stereocenters. The van der Waals surface area contributed by atoms with Crippen molar-refractivity contribution in [3.05, 3.63) is 36.4 Å². The first-order chi connectivity index (χ1) is 8.72. The summed E-state index contributed by atoms with van der Waals surface area (Å²) < 4.78 is 15.0. The van der Waals surface area contributed by atoms with Crippen molar-refractivity contribution in [3.8, 4) is 11.5 Å². The Morgan fingerprint density at radius 3 is 2.83 bits per heavy atom. The molecule has 0 bridgehead atoms. The molecule has 18 heavy (non-hydrogen) atoms. The molecule has 0 spiro atoms. The van der Waals surface area contributed by atoms with E-state index in [-0.39, 0.29) is 19.0 Å². The van der Waals surface area contributed by atoms with Gasteiger partial charge in [-0.3, -0.25) is 4.79 Å². The molecule has 0 aromatic heterocycles. The molecule has 96 valence electrons. The topological polar surface area (TPSA) is 61.8 Å². The first-order valence-electron chi connectivity index (χ1n) is 5.24. The number of esters is 1. The van der Waals surface area contributed by atoms with Gasteiger partial charge in [0.05, 0.1) is 12.7 Å². The second-order valence-corrected chi connectivity index (χ2v) is 3.26. The van der Waals surface area contributed by atoms with E-state index in [4.69, 9.17) is 14.2 Å². The van der Waals surface area contributed by atoms with Gasteiger partial charge in [-0.15, -0.1) is 0 Å². The van der Waals surface area contributed by atoms with Gasteiger partial charge in [-0.25, -0.2) is 4.79 Å². The molecule has 5 nitrogen and oxygen atoms in total. The number of para-hydroxylation sites is 1. The maximum absolute atomic E-state index is 11.3. The van der Waals surface area contributed by atoms with Gasteiger partial charge >= 0.3 is 5.97 Å². The molecule has 0 atom stereocenters. The van der Waals surface area contributed by atoms with Gasteiger partial charge in [0.1, 0.15) is 6.61 Å². The smallest absolute Gasteiger partial charge is 0.344 e. The summed E-state index contributed by atoms with van der Waals surface area (Å²) in [5.41, 5.74) is 0.311. The first kappa shape index (κ1) is 13.8. The van der Waals surface area contributed by atoms with Crippen LogP contribution in [0.15, 0.2) is 30.9 Å². The van der Waals surface area contributed by atoms with Gasteiger partial charge in [0.15, 0.2) is 24.4 Å². The van der Waals surface area contributed by atoms with E-state index in [1.165, 1.54) is 13.2 Å². The van der Waals surface area contributed by atoms with Crippen LogP contribution in [-0.4, -0.2) is 32.6 Å². The lowest BCUT2D eigenvalue weighted by atomic mass is 10.2. The first-order valence-corrected chi connectivity index (χ1v) is 5.24. The van der Waals surface area contributed by atoms with Crippen LogP contribution in [0.25, 0.3) is 0 Å². The average molecular weight is 250 g/mol. The third-order valence-electron chi connectivity index (χ3n) is 2.05. The van der Waals surface area contributed by atoms with Crippen molar-refractivity contribution in [3.63, 3.8) is 0 Å². The minimum atomic E-state index is -0.544. The lowest BCUT2D eigenvalue weighted by Gasteiger charge is -2.11. The molecule has 0 aliphatic carbocycles. The lowest BCUT2D eigenvalue weighted by Crippen LogP contribution is -2.15. The molecule has 0 saturated heterocycles. The molecule has 0 N–H and O–H groups in total. The van der Waals surface area contributed by atoms with E-state index in [1.54, 1.807) is 18.2 Å². The normalized spacial score (nSPS) is 9.39. The third-order valence-corrected chi connectivity index (χ3v) is 2.05. The van der Waals surface area contributed by atoms with E-state index in [0.717, 1.165) is 0 Å². The van der Waals surface area contributed by atoms with Crippen molar-refractivity contribution in [2.75, 3.05) is 20.3 Å². The number of benzene rings is 1. The maximum Gasteiger partial charge on any atom is 0.344 e. The summed E-state index contributed by atoms with van der Waals surface area (Å²) in [5.74, 6) is 0.0688. The predicted molar refractivity (Wildman–Crippen MR) is 65.0 cm³/mol. The highest BCUT2D eigenvalue weighted by Crippen LogP contribution is 2.29. The minimum Gasteiger partial charge on any atom is -0.493 e. The van der Waals surface area contributed by atoms with E-state index in [0.29, 0.717) is 17.6 Å². The summed E-state index contributed by atoms with van der Waals surface area (Å²) in [4.78, 5) is 22.1. The molecule has 0 amide bonds. The molecule has 0 fully saturated rings. The highest BCUT2D eigenvalue weighted by atomic mass is 16.6. The van der Waals surface area contributed by atoms with Gasteiger partial charge in [-0.2, -0.15) is 0 Å². The van der Waals surface area contributed by atoms with E-state index < -0.39 is 5.97 Å². The highest BCUT2D eigenvalue weighted by Gasteiger charge is 2.12. The molecule has 5 heteroatoms. The van der Waals surface area contributed by atoms with Gasteiger partial charge < -0.3 is 14.2 Å². The number of carbonyl (C=O) groups excluding carboxylic acids is 2. The van der Waals surface area contributed by atoms with Crippen LogP contribution in [0, 0.1) is 0 Å². The second-order valence-electron chi connectivity index (χ2n) is 3.26. The fraction of sp³-hybridized carbons (Fsp3) is 0.231. The van der Waals surface area contributed by atoms with Gasteiger partial charge in [-0.05, 0) is 12.1 Å². The zero-order chi connectivity index (χ0) is 13.4. The number of hydrogen-bond donors (Lipinski definition) is 0. The fourth-order valence-corrected chi connectivity index (χ4v) is 1.27. The van der Waals surface area contributed by atoms with Crippen LogP contribution in [0.1, 0.15) is 10.4 Å². The summed E-state index contributed by atoms with van der Waals surface area (Å²) in [7, 11) is 1.45. The maximum atomic E-state index is 11.3. The quantitative estimate of drug-likeness (QED) is 0.418. The molecule has 1 rings (SSSR count). The summed E-state index contributed by atoms with van der Waals surface area (Å²) in [6.45, 7) is 3.24. The Kier molecular flexibility index (Phi) is 5.44.